The summed E-state index contributed by atoms with van der Waals surface area (Å²) in [7, 11) is 0. The molecular formula is C10H13ClN4O2. The van der Waals surface area contributed by atoms with E-state index >= 15 is 0 Å². The molecule has 1 saturated heterocycles. The highest BCUT2D eigenvalue weighted by Gasteiger charge is 2.26. The van der Waals surface area contributed by atoms with Gasteiger partial charge in [-0.25, -0.2) is 4.98 Å². The van der Waals surface area contributed by atoms with Gasteiger partial charge in [0.15, 0.2) is 0 Å². The van der Waals surface area contributed by atoms with E-state index in [1.807, 2.05) is 0 Å². The van der Waals surface area contributed by atoms with Crippen molar-refractivity contribution < 1.29 is 9.59 Å². The molecule has 17 heavy (non-hydrogen) atoms. The maximum atomic E-state index is 11.7. The Morgan fingerprint density at radius 3 is 2.82 bits per heavy atom. The molecule has 0 radical (unpaired) electrons. The molecule has 1 aromatic heterocycles. The van der Waals surface area contributed by atoms with E-state index in [4.69, 9.17) is 5.73 Å². The number of halogens is 1. The molecule has 1 fully saturated rings. The standard InChI is InChI=1S/C10H12N4O2.ClH/c11-8-3-1-6(5-12-8)13-10(16)7-2-4-9(15)14-7;/h1,3,5,7H,2,4H2,(H2,11,12)(H,13,16)(H,14,15);1H/t7-;/m0./s1. The van der Waals surface area contributed by atoms with Crippen LogP contribution in [0.15, 0.2) is 18.3 Å². The van der Waals surface area contributed by atoms with Gasteiger partial charge >= 0.3 is 0 Å². The monoisotopic (exact) mass is 256 g/mol. The molecule has 6 nitrogen and oxygen atoms in total. The molecule has 0 aromatic carbocycles. The molecule has 1 aromatic rings. The Hall–Kier alpha value is -1.82. The van der Waals surface area contributed by atoms with Crippen molar-refractivity contribution in [2.24, 2.45) is 0 Å². The van der Waals surface area contributed by atoms with E-state index in [1.54, 1.807) is 12.1 Å². The molecule has 1 atom stereocenters. The number of nitrogens with zero attached hydrogens (tertiary/aromatic N) is 1. The zero-order valence-electron chi connectivity index (χ0n) is 8.97. The van der Waals surface area contributed by atoms with Crippen molar-refractivity contribution >= 4 is 35.7 Å². The van der Waals surface area contributed by atoms with Crippen molar-refractivity contribution in [1.82, 2.24) is 10.3 Å². The molecule has 92 valence electrons. The highest BCUT2D eigenvalue weighted by Crippen LogP contribution is 2.11. The van der Waals surface area contributed by atoms with Crippen LogP contribution in [0, 0.1) is 0 Å². The molecule has 1 aliphatic rings. The molecule has 2 rings (SSSR count). The van der Waals surface area contributed by atoms with Crippen LogP contribution in [0.5, 0.6) is 0 Å². The van der Waals surface area contributed by atoms with E-state index < -0.39 is 6.04 Å². The van der Waals surface area contributed by atoms with E-state index in [9.17, 15) is 9.59 Å². The van der Waals surface area contributed by atoms with Crippen molar-refractivity contribution in [2.45, 2.75) is 18.9 Å². The Bertz CT molecular complexity index is 421. The third-order valence-electron chi connectivity index (χ3n) is 2.37. The number of rotatable bonds is 2. The van der Waals surface area contributed by atoms with Crippen molar-refractivity contribution in [2.75, 3.05) is 11.1 Å². The second kappa shape index (κ2) is 5.49. The number of carbonyl (C=O) groups is 2. The molecule has 0 bridgehead atoms. The van der Waals surface area contributed by atoms with Gasteiger partial charge in [-0.3, -0.25) is 9.59 Å². The van der Waals surface area contributed by atoms with Crippen LogP contribution in [0.25, 0.3) is 0 Å². The zero-order chi connectivity index (χ0) is 11.5. The highest BCUT2D eigenvalue weighted by atomic mass is 35.5. The van der Waals surface area contributed by atoms with Crippen molar-refractivity contribution in [3.8, 4) is 0 Å². The number of aromatic nitrogens is 1. The Morgan fingerprint density at radius 1 is 1.53 bits per heavy atom. The van der Waals surface area contributed by atoms with E-state index in [-0.39, 0.29) is 24.2 Å². The fourth-order valence-corrected chi connectivity index (χ4v) is 1.52. The lowest BCUT2D eigenvalue weighted by atomic mass is 10.2. The van der Waals surface area contributed by atoms with Crippen LogP contribution in [0.4, 0.5) is 11.5 Å². The number of hydrogen-bond acceptors (Lipinski definition) is 4. The van der Waals surface area contributed by atoms with Crippen LogP contribution in [-0.2, 0) is 9.59 Å². The highest BCUT2D eigenvalue weighted by molar-refractivity contribution is 5.98. The fourth-order valence-electron chi connectivity index (χ4n) is 1.52. The predicted molar refractivity (Wildman–Crippen MR) is 65.7 cm³/mol. The van der Waals surface area contributed by atoms with Gasteiger partial charge < -0.3 is 16.4 Å². The normalized spacial score (nSPS) is 18.1. The van der Waals surface area contributed by atoms with Gasteiger partial charge in [-0.1, -0.05) is 0 Å². The predicted octanol–water partition coefficient (Wildman–Crippen LogP) is 0.303. The molecule has 2 amide bonds. The van der Waals surface area contributed by atoms with Crippen molar-refractivity contribution in [3.63, 3.8) is 0 Å². The Morgan fingerprint density at radius 2 is 2.29 bits per heavy atom. The minimum absolute atomic E-state index is 0. The van der Waals surface area contributed by atoms with Crippen LogP contribution in [0.2, 0.25) is 0 Å². The average Bonchev–Trinajstić information content (AvgIpc) is 2.68. The fraction of sp³-hybridized carbons (Fsp3) is 0.300. The minimum Gasteiger partial charge on any atom is -0.384 e. The van der Waals surface area contributed by atoms with Gasteiger partial charge in [0.1, 0.15) is 11.9 Å². The molecule has 0 aliphatic carbocycles. The molecule has 0 saturated carbocycles. The number of amides is 2. The second-order valence-electron chi connectivity index (χ2n) is 3.62. The number of anilines is 2. The number of carbonyl (C=O) groups excluding carboxylic acids is 2. The summed E-state index contributed by atoms with van der Waals surface area (Å²) in [6.45, 7) is 0. The first kappa shape index (κ1) is 13.2. The summed E-state index contributed by atoms with van der Waals surface area (Å²) in [6, 6.07) is 2.82. The van der Waals surface area contributed by atoms with Gasteiger partial charge in [0.05, 0.1) is 11.9 Å². The molecule has 0 unspecified atom stereocenters. The van der Waals surface area contributed by atoms with Gasteiger partial charge in [-0.15, -0.1) is 12.4 Å². The third kappa shape index (κ3) is 3.32. The summed E-state index contributed by atoms with van der Waals surface area (Å²) in [6.07, 6.45) is 2.41. The summed E-state index contributed by atoms with van der Waals surface area (Å²) >= 11 is 0. The number of hydrogen-bond donors (Lipinski definition) is 3. The summed E-state index contributed by atoms with van der Waals surface area (Å²) in [5.74, 6) is 0.0835. The van der Waals surface area contributed by atoms with E-state index in [0.29, 0.717) is 24.3 Å². The lowest BCUT2D eigenvalue weighted by molar-refractivity contribution is -0.122. The van der Waals surface area contributed by atoms with Crippen LogP contribution >= 0.6 is 12.4 Å². The van der Waals surface area contributed by atoms with Crippen LogP contribution < -0.4 is 16.4 Å². The Balaban J connectivity index is 0.00000144. The molecule has 2 heterocycles. The summed E-state index contributed by atoms with van der Waals surface area (Å²) in [4.78, 5) is 26.4. The van der Waals surface area contributed by atoms with Gasteiger partial charge in [0.25, 0.3) is 0 Å². The maximum absolute atomic E-state index is 11.7. The van der Waals surface area contributed by atoms with Crippen LogP contribution in [-0.4, -0.2) is 22.8 Å². The third-order valence-corrected chi connectivity index (χ3v) is 2.37. The molecule has 0 spiro atoms. The maximum Gasteiger partial charge on any atom is 0.247 e. The zero-order valence-corrected chi connectivity index (χ0v) is 9.79. The largest absolute Gasteiger partial charge is 0.384 e. The topological polar surface area (TPSA) is 97.1 Å². The van der Waals surface area contributed by atoms with E-state index in [0.717, 1.165) is 0 Å². The summed E-state index contributed by atoms with van der Waals surface area (Å²) in [5.41, 5.74) is 5.99. The van der Waals surface area contributed by atoms with Gasteiger partial charge in [-0.2, -0.15) is 0 Å². The molecule has 7 heteroatoms. The van der Waals surface area contributed by atoms with Gasteiger partial charge in [0, 0.05) is 6.42 Å². The number of nitrogen functional groups attached to an aromatic ring is 1. The second-order valence-corrected chi connectivity index (χ2v) is 3.62. The average molecular weight is 257 g/mol. The summed E-state index contributed by atoms with van der Waals surface area (Å²) < 4.78 is 0. The molecular weight excluding hydrogens is 244 g/mol. The lowest BCUT2D eigenvalue weighted by Gasteiger charge is -2.10. The summed E-state index contributed by atoms with van der Waals surface area (Å²) in [5, 5.41) is 5.25. The smallest absolute Gasteiger partial charge is 0.247 e. The Labute approximate surface area is 104 Å². The van der Waals surface area contributed by atoms with Crippen molar-refractivity contribution in [3.05, 3.63) is 18.3 Å². The quantitative estimate of drug-likeness (QED) is 0.709. The number of nitrogens with one attached hydrogen (secondary N) is 2. The molecule has 1 aliphatic heterocycles. The van der Waals surface area contributed by atoms with Gasteiger partial charge in [0.2, 0.25) is 11.8 Å². The number of nitrogens with two attached hydrogens (primary N) is 1. The van der Waals surface area contributed by atoms with Crippen LogP contribution in [0.1, 0.15) is 12.8 Å². The lowest BCUT2D eigenvalue weighted by Crippen LogP contribution is -2.37. The SMILES string of the molecule is Cl.Nc1ccc(NC(=O)[C@@H]2CCC(=O)N2)cn1. The first-order chi connectivity index (χ1) is 7.65. The first-order valence-electron chi connectivity index (χ1n) is 4.97. The Kier molecular flexibility index (Phi) is 4.28. The minimum atomic E-state index is -0.440. The molecule has 4 N–H and O–H groups in total. The first-order valence-corrected chi connectivity index (χ1v) is 4.97. The van der Waals surface area contributed by atoms with Crippen molar-refractivity contribution in [1.29, 1.82) is 0 Å². The van der Waals surface area contributed by atoms with E-state index in [1.165, 1.54) is 6.20 Å². The number of pyridine rings is 1. The van der Waals surface area contributed by atoms with Crippen LogP contribution in [0.3, 0.4) is 0 Å². The van der Waals surface area contributed by atoms with Gasteiger partial charge in [-0.05, 0) is 18.6 Å². The van der Waals surface area contributed by atoms with E-state index in [2.05, 4.69) is 15.6 Å².